The Hall–Kier alpha value is -3.03. The molecule has 2 aromatic heterocycles. The molecule has 0 saturated carbocycles. The fourth-order valence-corrected chi connectivity index (χ4v) is 3.25. The number of aryl methyl sites for hydroxylation is 2. The van der Waals surface area contributed by atoms with Gasteiger partial charge in [0.1, 0.15) is 11.6 Å². The maximum atomic E-state index is 11.6. The van der Waals surface area contributed by atoms with Gasteiger partial charge in [0.2, 0.25) is 0 Å². The van der Waals surface area contributed by atoms with E-state index in [-0.39, 0.29) is 12.2 Å². The van der Waals surface area contributed by atoms with Gasteiger partial charge in [-0.1, -0.05) is 6.07 Å². The van der Waals surface area contributed by atoms with Crippen molar-refractivity contribution in [2.45, 2.75) is 64.2 Å². The van der Waals surface area contributed by atoms with E-state index in [0.717, 1.165) is 43.7 Å². The molecule has 0 atom stereocenters. The Morgan fingerprint density at radius 2 is 1.84 bits per heavy atom. The monoisotopic (exact) mass is 428 g/mol. The molecule has 31 heavy (non-hydrogen) atoms. The van der Waals surface area contributed by atoms with Gasteiger partial charge in [0.25, 0.3) is 0 Å². The lowest BCUT2D eigenvalue weighted by molar-refractivity contribution is -0.137. The molecule has 1 aliphatic heterocycles. The fraction of sp³-hybridized carbons (Fsp3) is 0.522. The zero-order chi connectivity index (χ0) is 22.3. The topological polar surface area (TPSA) is 114 Å². The molecule has 2 aromatic rings. The number of aliphatic carboxylic acids is 1. The lowest BCUT2D eigenvalue weighted by atomic mass is 10.0. The van der Waals surface area contributed by atoms with Crippen molar-refractivity contribution in [1.82, 2.24) is 15.0 Å². The third kappa shape index (κ3) is 10.0. The summed E-state index contributed by atoms with van der Waals surface area (Å²) in [6.07, 6.45) is 10.9. The number of carbonyl (C=O) groups excluding carboxylic acids is 1. The van der Waals surface area contributed by atoms with Crippen molar-refractivity contribution in [3.8, 4) is 6.01 Å². The third-order valence-corrected chi connectivity index (χ3v) is 4.91. The van der Waals surface area contributed by atoms with Gasteiger partial charge in [0, 0.05) is 43.9 Å². The molecular weight excluding hydrogens is 396 g/mol. The molecular formula is C23H32N4O4. The molecule has 0 unspecified atom stereocenters. The second-order valence-electron chi connectivity index (χ2n) is 7.42. The Morgan fingerprint density at radius 3 is 2.55 bits per heavy atom. The van der Waals surface area contributed by atoms with Crippen LogP contribution in [0.3, 0.4) is 0 Å². The number of rotatable bonds is 10. The normalized spacial score (nSPS) is 12.4. The van der Waals surface area contributed by atoms with Gasteiger partial charge >= 0.3 is 12.0 Å². The van der Waals surface area contributed by atoms with Crippen LogP contribution in [0.15, 0.2) is 30.6 Å². The van der Waals surface area contributed by atoms with Crippen LogP contribution < -0.4 is 10.1 Å². The first-order chi connectivity index (χ1) is 15.1. The zero-order valence-electron chi connectivity index (χ0n) is 18.2. The number of nitrogens with one attached hydrogen (secondary N) is 1. The Bertz CT molecular complexity index is 814. The second-order valence-corrected chi connectivity index (χ2v) is 7.42. The van der Waals surface area contributed by atoms with Gasteiger partial charge in [0.15, 0.2) is 0 Å². The number of unbranched alkanes of at least 4 members (excludes halogenated alkanes) is 1. The second kappa shape index (κ2) is 14.1. The number of fused-ring (bicyclic) bond motifs is 1. The average Bonchev–Trinajstić information content (AvgIpc) is 3.02. The summed E-state index contributed by atoms with van der Waals surface area (Å²) >= 11 is 0. The van der Waals surface area contributed by atoms with Crippen molar-refractivity contribution in [2.75, 3.05) is 19.0 Å². The quantitative estimate of drug-likeness (QED) is 0.549. The van der Waals surface area contributed by atoms with Gasteiger partial charge in [-0.3, -0.25) is 9.59 Å². The summed E-state index contributed by atoms with van der Waals surface area (Å²) in [5.41, 5.74) is 2.39. The van der Waals surface area contributed by atoms with Gasteiger partial charge in [0.05, 0.1) is 7.11 Å². The number of carboxylic acid groups (broad SMARTS) is 1. The van der Waals surface area contributed by atoms with Gasteiger partial charge in [-0.25, -0.2) is 15.0 Å². The standard InChI is InChI=1S/C18H26N2O3.C5H6N2O/c21-16(9-5-10-17(22)23)8-2-1-7-15-12-11-14-6-3-4-13-19-18(14)20-15;1-8-5-6-3-2-4-7-5/h11-12H,1-10,13H2,(H,19,20)(H,22,23);2-4H,1H3. The van der Waals surface area contributed by atoms with Crippen LogP contribution in [0.2, 0.25) is 0 Å². The molecule has 3 rings (SSSR count). The maximum Gasteiger partial charge on any atom is 0.315 e. The van der Waals surface area contributed by atoms with E-state index in [2.05, 4.69) is 27.4 Å². The highest BCUT2D eigenvalue weighted by atomic mass is 16.5. The highest BCUT2D eigenvalue weighted by molar-refractivity contribution is 5.78. The first-order valence-corrected chi connectivity index (χ1v) is 10.9. The Labute approximate surface area is 183 Å². The molecule has 0 spiro atoms. The molecule has 0 bridgehead atoms. The van der Waals surface area contributed by atoms with Crippen LogP contribution in [0.5, 0.6) is 6.01 Å². The number of aromatic nitrogens is 3. The number of pyridine rings is 1. The highest BCUT2D eigenvalue weighted by Crippen LogP contribution is 2.20. The molecule has 0 amide bonds. The van der Waals surface area contributed by atoms with Gasteiger partial charge in [-0.15, -0.1) is 0 Å². The van der Waals surface area contributed by atoms with E-state index in [1.165, 1.54) is 25.5 Å². The predicted molar refractivity (Wildman–Crippen MR) is 118 cm³/mol. The van der Waals surface area contributed by atoms with Crippen LogP contribution in [-0.4, -0.2) is 45.5 Å². The van der Waals surface area contributed by atoms with Crippen molar-refractivity contribution in [2.24, 2.45) is 0 Å². The summed E-state index contributed by atoms with van der Waals surface area (Å²) in [5.74, 6) is 0.369. The van der Waals surface area contributed by atoms with E-state index in [1.54, 1.807) is 18.5 Å². The minimum Gasteiger partial charge on any atom is -0.481 e. The van der Waals surface area contributed by atoms with Crippen LogP contribution in [0.4, 0.5) is 5.82 Å². The number of hydrogen-bond donors (Lipinski definition) is 2. The van der Waals surface area contributed by atoms with Crippen LogP contribution in [-0.2, 0) is 22.4 Å². The number of ketones is 1. The van der Waals surface area contributed by atoms with Crippen LogP contribution >= 0.6 is 0 Å². The zero-order valence-corrected chi connectivity index (χ0v) is 18.2. The van der Waals surface area contributed by atoms with Crippen molar-refractivity contribution in [1.29, 1.82) is 0 Å². The lowest BCUT2D eigenvalue weighted by Gasteiger charge is -2.09. The van der Waals surface area contributed by atoms with E-state index >= 15 is 0 Å². The predicted octanol–water partition coefficient (Wildman–Crippen LogP) is 3.85. The smallest absolute Gasteiger partial charge is 0.315 e. The van der Waals surface area contributed by atoms with Crippen molar-refractivity contribution < 1.29 is 19.4 Å². The summed E-state index contributed by atoms with van der Waals surface area (Å²) < 4.78 is 4.69. The summed E-state index contributed by atoms with van der Waals surface area (Å²) in [6.45, 7) is 0.994. The minimum atomic E-state index is -0.833. The molecule has 8 nitrogen and oxygen atoms in total. The van der Waals surface area contributed by atoms with E-state index < -0.39 is 5.97 Å². The van der Waals surface area contributed by atoms with E-state index in [1.807, 2.05) is 0 Å². The molecule has 0 aliphatic carbocycles. The average molecular weight is 429 g/mol. The Kier molecular flexibility index (Phi) is 11.0. The lowest BCUT2D eigenvalue weighted by Crippen LogP contribution is -2.04. The summed E-state index contributed by atoms with van der Waals surface area (Å²) in [6, 6.07) is 6.42. The molecule has 0 fully saturated rings. The number of hydrogen-bond acceptors (Lipinski definition) is 7. The number of methoxy groups -OCH3 is 1. The molecule has 1 aliphatic rings. The molecule has 0 saturated heterocycles. The van der Waals surface area contributed by atoms with Crippen molar-refractivity contribution >= 4 is 17.6 Å². The van der Waals surface area contributed by atoms with E-state index in [9.17, 15) is 9.59 Å². The SMILES string of the molecule is COc1ncccn1.O=C(O)CCCC(=O)CCCCc1ccc2c(n1)NCCCC2. The number of nitrogens with zero attached hydrogens (tertiary/aromatic N) is 3. The number of anilines is 1. The third-order valence-electron chi connectivity index (χ3n) is 4.91. The molecule has 168 valence electrons. The van der Waals surface area contributed by atoms with Crippen molar-refractivity contribution in [3.05, 3.63) is 41.9 Å². The van der Waals surface area contributed by atoms with E-state index in [4.69, 9.17) is 14.8 Å². The highest BCUT2D eigenvalue weighted by Gasteiger charge is 2.09. The van der Waals surface area contributed by atoms with Crippen LogP contribution in [0.1, 0.15) is 62.6 Å². The minimum absolute atomic E-state index is 0.0811. The summed E-state index contributed by atoms with van der Waals surface area (Å²) in [4.78, 5) is 34.3. The first kappa shape index (κ1) is 24.2. The number of carboxylic acids is 1. The maximum absolute atomic E-state index is 11.6. The van der Waals surface area contributed by atoms with Crippen molar-refractivity contribution in [3.63, 3.8) is 0 Å². The Morgan fingerprint density at radius 1 is 1.06 bits per heavy atom. The molecule has 0 aromatic carbocycles. The number of ether oxygens (including phenoxy) is 1. The van der Waals surface area contributed by atoms with Crippen LogP contribution in [0, 0.1) is 0 Å². The van der Waals surface area contributed by atoms with Crippen LogP contribution in [0.25, 0.3) is 0 Å². The van der Waals surface area contributed by atoms with Gasteiger partial charge < -0.3 is 15.2 Å². The first-order valence-electron chi connectivity index (χ1n) is 10.9. The number of carbonyl (C=O) groups is 2. The van der Waals surface area contributed by atoms with E-state index in [0.29, 0.717) is 25.3 Å². The molecule has 8 heteroatoms. The summed E-state index contributed by atoms with van der Waals surface area (Å²) in [7, 11) is 1.54. The summed E-state index contributed by atoms with van der Waals surface area (Å²) in [5, 5.41) is 11.9. The number of Topliss-reactive ketones (excluding diaryl/α,β-unsaturated/α-hetero) is 1. The van der Waals surface area contributed by atoms with Gasteiger partial charge in [-0.2, -0.15) is 0 Å². The molecule has 2 N–H and O–H groups in total. The molecule has 0 radical (unpaired) electrons. The fourth-order valence-electron chi connectivity index (χ4n) is 3.25. The molecule has 3 heterocycles. The largest absolute Gasteiger partial charge is 0.481 e. The Balaban J connectivity index is 0.000000357. The van der Waals surface area contributed by atoms with Gasteiger partial charge in [-0.05, 0) is 62.6 Å².